The smallest absolute Gasteiger partial charge is 0.221 e. The summed E-state index contributed by atoms with van der Waals surface area (Å²) in [5.41, 5.74) is 0. The van der Waals surface area contributed by atoms with Crippen molar-refractivity contribution in [2.24, 2.45) is 0 Å². The Labute approximate surface area is 114 Å². The van der Waals surface area contributed by atoms with Crippen molar-refractivity contribution >= 4 is 5.91 Å². The Hall–Kier alpha value is -0.690. The molecule has 6 heteroatoms. The first-order chi connectivity index (χ1) is 9.06. The molecule has 1 rings (SSSR count). The zero-order valence-electron chi connectivity index (χ0n) is 11.7. The number of hydrogen-bond donors (Lipinski definition) is 4. The quantitative estimate of drug-likeness (QED) is 0.451. The van der Waals surface area contributed by atoms with Crippen molar-refractivity contribution in [3.8, 4) is 0 Å². The molecule has 0 aromatic heterocycles. The maximum atomic E-state index is 11.5. The molecule has 1 heterocycles. The van der Waals surface area contributed by atoms with Crippen LogP contribution < -0.4 is 5.32 Å². The minimum Gasteiger partial charge on any atom is -0.395 e. The van der Waals surface area contributed by atoms with Gasteiger partial charge in [0.05, 0.1) is 24.9 Å². The number of unbranched alkanes of at least 4 members (excludes halogenated alkanes) is 2. The van der Waals surface area contributed by atoms with Crippen molar-refractivity contribution in [1.82, 2.24) is 10.2 Å². The maximum Gasteiger partial charge on any atom is 0.221 e. The third kappa shape index (κ3) is 3.89. The van der Waals surface area contributed by atoms with Crippen molar-refractivity contribution in [3.63, 3.8) is 0 Å². The molecule has 0 bridgehead atoms. The molecule has 6 nitrogen and oxygen atoms in total. The van der Waals surface area contributed by atoms with Gasteiger partial charge in [0.1, 0.15) is 0 Å². The van der Waals surface area contributed by atoms with Crippen LogP contribution in [0, 0.1) is 0 Å². The highest BCUT2D eigenvalue weighted by Crippen LogP contribution is 2.27. The first-order valence-corrected chi connectivity index (χ1v) is 7.00. The summed E-state index contributed by atoms with van der Waals surface area (Å²) in [5.74, 6) is -0.171. The first-order valence-electron chi connectivity index (χ1n) is 7.00. The number of carbonyl (C=O) groups is 1. The molecule has 1 fully saturated rings. The van der Waals surface area contributed by atoms with E-state index in [4.69, 9.17) is 0 Å². The summed E-state index contributed by atoms with van der Waals surface area (Å²) in [6, 6.07) is -0.912. The highest BCUT2D eigenvalue weighted by atomic mass is 16.3. The summed E-state index contributed by atoms with van der Waals surface area (Å²) in [5, 5.41) is 31.9. The molecule has 1 aliphatic rings. The van der Waals surface area contributed by atoms with E-state index in [0.29, 0.717) is 6.54 Å². The van der Waals surface area contributed by atoms with Gasteiger partial charge >= 0.3 is 0 Å². The fourth-order valence-electron chi connectivity index (χ4n) is 2.71. The predicted octanol–water partition coefficient (Wildman–Crippen LogP) is -0.920. The van der Waals surface area contributed by atoms with Crippen molar-refractivity contribution in [2.45, 2.75) is 56.9 Å². The molecule has 0 aromatic rings. The molecule has 0 radical (unpaired) electrons. The lowest BCUT2D eigenvalue weighted by Gasteiger charge is -2.29. The lowest BCUT2D eigenvalue weighted by atomic mass is 10.1. The normalized spacial score (nSPS) is 31.6. The van der Waals surface area contributed by atoms with Gasteiger partial charge in [-0.25, -0.2) is 0 Å². The molecule has 0 spiro atoms. The van der Waals surface area contributed by atoms with Gasteiger partial charge in [-0.3, -0.25) is 9.69 Å². The zero-order valence-corrected chi connectivity index (χ0v) is 11.7. The van der Waals surface area contributed by atoms with Gasteiger partial charge in [-0.15, -0.1) is 0 Å². The highest BCUT2D eigenvalue weighted by Gasteiger charge is 2.47. The van der Waals surface area contributed by atoms with E-state index in [2.05, 4.69) is 12.2 Å². The molecule has 4 atom stereocenters. The van der Waals surface area contributed by atoms with Crippen molar-refractivity contribution in [1.29, 1.82) is 0 Å². The molecule has 4 N–H and O–H groups in total. The Bertz CT molecular complexity index is 288. The molecule has 0 unspecified atom stereocenters. The van der Waals surface area contributed by atoms with Crippen LogP contribution in [0.25, 0.3) is 0 Å². The number of carbonyl (C=O) groups excluding carboxylic acids is 1. The third-order valence-corrected chi connectivity index (χ3v) is 3.87. The van der Waals surface area contributed by atoms with E-state index in [1.54, 1.807) is 7.05 Å². The molecule has 19 heavy (non-hydrogen) atoms. The summed E-state index contributed by atoms with van der Waals surface area (Å²) >= 11 is 0. The average Bonchev–Trinajstić information content (AvgIpc) is 2.63. The topological polar surface area (TPSA) is 93.0 Å². The summed E-state index contributed by atoms with van der Waals surface area (Å²) in [7, 11) is 1.55. The molecule has 1 aliphatic heterocycles. The van der Waals surface area contributed by atoms with E-state index in [1.165, 1.54) is 0 Å². The molecule has 1 saturated heterocycles. The number of aliphatic hydroxyl groups is 3. The van der Waals surface area contributed by atoms with Crippen LogP contribution in [0.5, 0.6) is 0 Å². The monoisotopic (exact) mass is 274 g/mol. The van der Waals surface area contributed by atoms with Crippen LogP contribution in [0.4, 0.5) is 0 Å². The maximum absolute atomic E-state index is 11.5. The van der Waals surface area contributed by atoms with E-state index in [-0.39, 0.29) is 18.9 Å². The summed E-state index contributed by atoms with van der Waals surface area (Å²) < 4.78 is 0. The Balaban J connectivity index is 2.73. The Morgan fingerprint density at radius 1 is 1.21 bits per heavy atom. The van der Waals surface area contributed by atoms with Gasteiger partial charge in [0.2, 0.25) is 5.91 Å². The van der Waals surface area contributed by atoms with Gasteiger partial charge in [-0.05, 0) is 13.0 Å². The van der Waals surface area contributed by atoms with Crippen LogP contribution in [-0.2, 0) is 4.79 Å². The molecule has 1 amide bonds. The van der Waals surface area contributed by atoms with E-state index < -0.39 is 24.3 Å². The number of nitrogens with one attached hydrogen (secondary N) is 1. The Morgan fingerprint density at radius 3 is 2.37 bits per heavy atom. The minimum absolute atomic E-state index is 0.136. The summed E-state index contributed by atoms with van der Waals surface area (Å²) in [6.07, 6.45) is 1.20. The van der Waals surface area contributed by atoms with Gasteiger partial charge in [-0.1, -0.05) is 19.8 Å². The molecule has 0 aliphatic carbocycles. The molecular weight excluding hydrogens is 248 g/mol. The lowest BCUT2D eigenvalue weighted by Crippen LogP contribution is -2.43. The van der Waals surface area contributed by atoms with Gasteiger partial charge < -0.3 is 20.6 Å². The highest BCUT2D eigenvalue weighted by molar-refractivity contribution is 5.76. The van der Waals surface area contributed by atoms with E-state index in [1.807, 2.05) is 4.90 Å². The number of aliphatic hydroxyl groups excluding tert-OH is 3. The average molecular weight is 274 g/mol. The Kier molecular flexibility index (Phi) is 6.71. The first kappa shape index (κ1) is 16.4. The van der Waals surface area contributed by atoms with Crippen molar-refractivity contribution < 1.29 is 20.1 Å². The van der Waals surface area contributed by atoms with Gasteiger partial charge in [-0.2, -0.15) is 0 Å². The van der Waals surface area contributed by atoms with E-state index in [9.17, 15) is 20.1 Å². The van der Waals surface area contributed by atoms with Crippen LogP contribution in [0.2, 0.25) is 0 Å². The second-order valence-electron chi connectivity index (χ2n) is 5.12. The number of amides is 1. The fraction of sp³-hybridized carbons (Fsp3) is 0.923. The van der Waals surface area contributed by atoms with Gasteiger partial charge in [0, 0.05) is 19.5 Å². The number of likely N-dealkylation sites (tertiary alicyclic amines) is 1. The molecular formula is C13H26N2O4. The minimum atomic E-state index is -0.999. The third-order valence-electron chi connectivity index (χ3n) is 3.87. The number of hydrogen-bond acceptors (Lipinski definition) is 5. The molecule has 112 valence electrons. The SMILES string of the molecule is CCCCCN1[C@H](CC(=O)NC)[C@H](O)[C@H](O)[C@H]1CO. The number of rotatable bonds is 7. The van der Waals surface area contributed by atoms with Crippen LogP contribution in [0.15, 0.2) is 0 Å². The zero-order chi connectivity index (χ0) is 14.4. The van der Waals surface area contributed by atoms with Crippen molar-refractivity contribution in [2.75, 3.05) is 20.2 Å². The predicted molar refractivity (Wildman–Crippen MR) is 71.6 cm³/mol. The van der Waals surface area contributed by atoms with E-state index in [0.717, 1.165) is 19.3 Å². The van der Waals surface area contributed by atoms with Crippen LogP contribution >= 0.6 is 0 Å². The summed E-state index contributed by atoms with van der Waals surface area (Å²) in [4.78, 5) is 13.4. The molecule has 0 aromatic carbocycles. The van der Waals surface area contributed by atoms with E-state index >= 15 is 0 Å². The van der Waals surface area contributed by atoms with Crippen LogP contribution in [0.1, 0.15) is 32.6 Å². The van der Waals surface area contributed by atoms with Crippen molar-refractivity contribution in [3.05, 3.63) is 0 Å². The lowest BCUT2D eigenvalue weighted by molar-refractivity contribution is -0.122. The Morgan fingerprint density at radius 2 is 1.84 bits per heavy atom. The van der Waals surface area contributed by atoms with Crippen LogP contribution in [-0.4, -0.2) is 70.6 Å². The second kappa shape index (κ2) is 7.79. The fourth-order valence-corrected chi connectivity index (χ4v) is 2.71. The van der Waals surface area contributed by atoms with Crippen LogP contribution in [0.3, 0.4) is 0 Å². The standard InChI is InChI=1S/C13H26N2O4/c1-3-4-5-6-15-9(7-11(17)14-2)12(18)13(19)10(15)8-16/h9-10,12-13,16,18-19H,3-8H2,1-2H3,(H,14,17)/t9-,10-,12+,13-/m1/s1. The van der Waals surface area contributed by atoms with Gasteiger partial charge in [0.15, 0.2) is 0 Å². The number of nitrogens with zero attached hydrogens (tertiary/aromatic N) is 1. The summed E-state index contributed by atoms with van der Waals surface area (Å²) in [6.45, 7) is 2.56. The molecule has 0 saturated carbocycles. The van der Waals surface area contributed by atoms with Gasteiger partial charge in [0.25, 0.3) is 0 Å². The second-order valence-corrected chi connectivity index (χ2v) is 5.12. The largest absolute Gasteiger partial charge is 0.395 e.